The first-order chi connectivity index (χ1) is 6.88. The van der Waals surface area contributed by atoms with E-state index in [4.69, 9.17) is 4.74 Å². The molecule has 0 atom stereocenters. The molecule has 0 unspecified atom stereocenters. The number of benzene rings is 1. The van der Waals surface area contributed by atoms with E-state index in [2.05, 4.69) is 13.5 Å². The van der Waals surface area contributed by atoms with E-state index in [-0.39, 0.29) is 0 Å². The van der Waals surface area contributed by atoms with Gasteiger partial charge >= 0.3 is 0 Å². The monoisotopic (exact) mass is 190 g/mol. The first kappa shape index (κ1) is 10.8. The molecule has 0 bridgehead atoms. The third-order valence-electron chi connectivity index (χ3n) is 2.14. The molecule has 0 aliphatic heterocycles. The van der Waals surface area contributed by atoms with Gasteiger partial charge in [-0.05, 0) is 12.5 Å². The highest BCUT2D eigenvalue weighted by Crippen LogP contribution is 2.18. The van der Waals surface area contributed by atoms with Crippen molar-refractivity contribution in [3.8, 4) is 5.75 Å². The van der Waals surface area contributed by atoms with Crippen molar-refractivity contribution in [1.82, 2.24) is 0 Å². The molecule has 0 saturated carbocycles. The molecule has 1 rings (SSSR count). The molecule has 0 aromatic heterocycles. The quantitative estimate of drug-likeness (QED) is 0.618. The zero-order valence-corrected chi connectivity index (χ0v) is 8.83. The lowest BCUT2D eigenvalue weighted by molar-refractivity contribution is 0.305. The van der Waals surface area contributed by atoms with Crippen LogP contribution in [0.5, 0.6) is 5.75 Å². The molecule has 1 aromatic carbocycles. The van der Waals surface area contributed by atoms with Gasteiger partial charge in [-0.3, -0.25) is 0 Å². The predicted octanol–water partition coefficient (Wildman–Crippen LogP) is 3.90. The Balaban J connectivity index is 2.45. The normalized spacial score (nSPS) is 9.79. The van der Waals surface area contributed by atoms with Crippen LogP contribution in [0.15, 0.2) is 30.8 Å². The van der Waals surface area contributed by atoms with Crippen LogP contribution in [0, 0.1) is 0 Å². The Bertz CT molecular complexity index is 278. The van der Waals surface area contributed by atoms with Crippen LogP contribution in [0.1, 0.15) is 31.7 Å². The molecule has 0 radical (unpaired) electrons. The molecular weight excluding hydrogens is 172 g/mol. The Morgan fingerprint density at radius 1 is 1.29 bits per heavy atom. The Kier molecular flexibility index (Phi) is 4.84. The van der Waals surface area contributed by atoms with E-state index >= 15 is 0 Å². The van der Waals surface area contributed by atoms with E-state index in [1.165, 1.54) is 12.8 Å². The number of ether oxygens (including phenoxy) is 1. The van der Waals surface area contributed by atoms with Crippen LogP contribution in [0.25, 0.3) is 6.08 Å². The minimum atomic E-state index is 0.804. The molecule has 1 nitrogen and oxygen atoms in total. The molecule has 0 aliphatic rings. The van der Waals surface area contributed by atoms with Crippen molar-refractivity contribution in [2.24, 2.45) is 0 Å². The van der Waals surface area contributed by atoms with Gasteiger partial charge in [0.25, 0.3) is 0 Å². The molecular formula is C13H18O. The smallest absolute Gasteiger partial charge is 0.126 e. The van der Waals surface area contributed by atoms with Gasteiger partial charge in [0.15, 0.2) is 0 Å². The lowest BCUT2D eigenvalue weighted by Crippen LogP contribution is -1.98. The van der Waals surface area contributed by atoms with Gasteiger partial charge in [-0.2, -0.15) is 0 Å². The van der Waals surface area contributed by atoms with Gasteiger partial charge in [0, 0.05) is 5.56 Å². The first-order valence-corrected chi connectivity index (χ1v) is 5.22. The summed E-state index contributed by atoms with van der Waals surface area (Å²) in [4.78, 5) is 0. The molecule has 0 saturated heterocycles. The molecule has 0 aliphatic carbocycles. The third kappa shape index (κ3) is 3.25. The fourth-order valence-electron chi connectivity index (χ4n) is 1.31. The summed E-state index contributed by atoms with van der Waals surface area (Å²) in [5.74, 6) is 0.943. The second kappa shape index (κ2) is 6.25. The standard InChI is InChI=1S/C13H18O/c1-3-5-8-11-14-13-10-7-6-9-12(13)4-2/h4,6-7,9-10H,2-3,5,8,11H2,1H3. The summed E-state index contributed by atoms with van der Waals surface area (Å²) in [6, 6.07) is 7.99. The maximum atomic E-state index is 5.66. The lowest BCUT2D eigenvalue weighted by atomic mass is 10.2. The minimum absolute atomic E-state index is 0.804. The fraction of sp³-hybridized carbons (Fsp3) is 0.385. The zero-order valence-electron chi connectivity index (χ0n) is 8.83. The number of hydrogen-bond donors (Lipinski definition) is 0. The van der Waals surface area contributed by atoms with Crippen molar-refractivity contribution in [1.29, 1.82) is 0 Å². The molecule has 76 valence electrons. The van der Waals surface area contributed by atoms with E-state index < -0.39 is 0 Å². The highest BCUT2D eigenvalue weighted by atomic mass is 16.5. The summed E-state index contributed by atoms with van der Waals surface area (Å²) in [6.45, 7) is 6.75. The van der Waals surface area contributed by atoms with Gasteiger partial charge in [0.2, 0.25) is 0 Å². The summed E-state index contributed by atoms with van der Waals surface area (Å²) < 4.78 is 5.66. The Hall–Kier alpha value is -1.24. The molecule has 0 amide bonds. The van der Waals surface area contributed by atoms with Crippen molar-refractivity contribution in [2.75, 3.05) is 6.61 Å². The van der Waals surface area contributed by atoms with Crippen LogP contribution >= 0.6 is 0 Å². The second-order valence-corrected chi connectivity index (χ2v) is 3.30. The second-order valence-electron chi connectivity index (χ2n) is 3.30. The Morgan fingerprint density at radius 2 is 2.07 bits per heavy atom. The van der Waals surface area contributed by atoms with Gasteiger partial charge in [-0.25, -0.2) is 0 Å². The van der Waals surface area contributed by atoms with Crippen LogP contribution < -0.4 is 4.74 Å². The first-order valence-electron chi connectivity index (χ1n) is 5.22. The van der Waals surface area contributed by atoms with Crippen LogP contribution in [-0.4, -0.2) is 6.61 Å². The maximum absolute atomic E-state index is 5.66. The van der Waals surface area contributed by atoms with Crippen LogP contribution in [0.3, 0.4) is 0 Å². The maximum Gasteiger partial charge on any atom is 0.126 e. The molecule has 0 fully saturated rings. The minimum Gasteiger partial charge on any atom is -0.493 e. The third-order valence-corrected chi connectivity index (χ3v) is 2.14. The predicted molar refractivity (Wildman–Crippen MR) is 61.6 cm³/mol. The summed E-state index contributed by atoms with van der Waals surface area (Å²) in [6.07, 6.45) is 5.42. The summed E-state index contributed by atoms with van der Waals surface area (Å²) in [7, 11) is 0. The van der Waals surface area contributed by atoms with E-state index in [9.17, 15) is 0 Å². The average Bonchev–Trinajstić information content (AvgIpc) is 2.25. The molecule has 1 aromatic rings. The summed E-state index contributed by atoms with van der Waals surface area (Å²) in [5, 5.41) is 0. The van der Waals surface area contributed by atoms with Crippen LogP contribution in [0.4, 0.5) is 0 Å². The van der Waals surface area contributed by atoms with Crippen molar-refractivity contribution >= 4 is 6.08 Å². The Labute approximate surface area is 86.4 Å². The van der Waals surface area contributed by atoms with Gasteiger partial charge in [0.05, 0.1) is 6.61 Å². The molecule has 0 heterocycles. The highest BCUT2D eigenvalue weighted by molar-refractivity contribution is 5.55. The lowest BCUT2D eigenvalue weighted by Gasteiger charge is -2.08. The number of hydrogen-bond acceptors (Lipinski definition) is 1. The molecule has 1 heteroatoms. The van der Waals surface area contributed by atoms with E-state index in [0.29, 0.717) is 0 Å². The summed E-state index contributed by atoms with van der Waals surface area (Å²) in [5.41, 5.74) is 1.07. The molecule has 0 spiro atoms. The van der Waals surface area contributed by atoms with Crippen LogP contribution in [0.2, 0.25) is 0 Å². The number of rotatable bonds is 6. The summed E-state index contributed by atoms with van der Waals surface area (Å²) >= 11 is 0. The van der Waals surface area contributed by atoms with Gasteiger partial charge in [0.1, 0.15) is 5.75 Å². The average molecular weight is 190 g/mol. The number of unbranched alkanes of at least 4 members (excludes halogenated alkanes) is 2. The van der Waals surface area contributed by atoms with Gasteiger partial charge in [-0.15, -0.1) is 0 Å². The van der Waals surface area contributed by atoms with Crippen LogP contribution in [-0.2, 0) is 0 Å². The molecule has 14 heavy (non-hydrogen) atoms. The fourth-order valence-corrected chi connectivity index (χ4v) is 1.31. The van der Waals surface area contributed by atoms with Gasteiger partial charge in [-0.1, -0.05) is 50.6 Å². The van der Waals surface area contributed by atoms with Crippen molar-refractivity contribution < 1.29 is 4.74 Å². The molecule has 0 N–H and O–H groups in total. The van der Waals surface area contributed by atoms with Crippen molar-refractivity contribution in [3.63, 3.8) is 0 Å². The SMILES string of the molecule is C=Cc1ccccc1OCCCCC. The van der Waals surface area contributed by atoms with Gasteiger partial charge < -0.3 is 4.74 Å². The highest BCUT2D eigenvalue weighted by Gasteiger charge is 1.97. The number of para-hydroxylation sites is 1. The van der Waals surface area contributed by atoms with E-state index in [0.717, 1.165) is 24.3 Å². The van der Waals surface area contributed by atoms with E-state index in [1.54, 1.807) is 0 Å². The van der Waals surface area contributed by atoms with E-state index in [1.807, 2.05) is 30.3 Å². The van der Waals surface area contributed by atoms with Crippen molar-refractivity contribution in [2.45, 2.75) is 26.2 Å². The Morgan fingerprint density at radius 3 is 2.79 bits per heavy atom. The zero-order chi connectivity index (χ0) is 10.2. The van der Waals surface area contributed by atoms with Crippen molar-refractivity contribution in [3.05, 3.63) is 36.4 Å². The largest absolute Gasteiger partial charge is 0.493 e. The topological polar surface area (TPSA) is 9.23 Å².